The molecule has 0 spiro atoms. The van der Waals surface area contributed by atoms with Crippen LogP contribution in [-0.2, 0) is 16.0 Å². The van der Waals surface area contributed by atoms with Crippen LogP contribution in [0.25, 0.3) is 0 Å². The van der Waals surface area contributed by atoms with E-state index in [1.54, 1.807) is 0 Å². The van der Waals surface area contributed by atoms with Gasteiger partial charge >= 0.3 is 5.97 Å². The van der Waals surface area contributed by atoms with E-state index in [0.717, 1.165) is 6.07 Å². The Kier molecular flexibility index (Phi) is 3.76. The molecule has 0 fully saturated rings. The van der Waals surface area contributed by atoms with Crippen molar-refractivity contribution in [2.45, 2.75) is 19.8 Å². The van der Waals surface area contributed by atoms with Crippen LogP contribution in [0.5, 0.6) is 0 Å². The van der Waals surface area contributed by atoms with E-state index in [1.165, 1.54) is 14.0 Å². The van der Waals surface area contributed by atoms with Crippen LogP contribution in [0.2, 0.25) is 0 Å². The van der Waals surface area contributed by atoms with Gasteiger partial charge in [-0.15, -0.1) is 0 Å². The number of aromatic nitrogens is 1. The van der Waals surface area contributed by atoms with Gasteiger partial charge in [0.15, 0.2) is 0 Å². The van der Waals surface area contributed by atoms with Gasteiger partial charge in [-0.1, -0.05) is 0 Å². The molecule has 1 rings (SSSR count). The second-order valence-corrected chi connectivity index (χ2v) is 3.26. The molecular formula is C10H11F2NO3. The molecule has 1 heterocycles. The molecule has 0 bridgehead atoms. The zero-order valence-electron chi connectivity index (χ0n) is 8.84. The van der Waals surface area contributed by atoms with Crippen LogP contribution in [-0.4, -0.2) is 18.1 Å². The molecule has 6 heteroatoms. The van der Waals surface area contributed by atoms with Crippen molar-refractivity contribution in [1.29, 1.82) is 0 Å². The fourth-order valence-corrected chi connectivity index (χ4v) is 1.23. The number of rotatable bonds is 3. The molecular weight excluding hydrogens is 220 g/mol. The van der Waals surface area contributed by atoms with Crippen molar-refractivity contribution in [3.05, 3.63) is 33.2 Å². The van der Waals surface area contributed by atoms with Crippen LogP contribution in [0.4, 0.5) is 8.78 Å². The number of aromatic amines is 1. The molecule has 1 N–H and O–H groups in total. The van der Waals surface area contributed by atoms with Crippen LogP contribution in [0.1, 0.15) is 23.2 Å². The molecule has 0 saturated heterocycles. The zero-order chi connectivity index (χ0) is 12.3. The van der Waals surface area contributed by atoms with Crippen LogP contribution in [0.15, 0.2) is 10.9 Å². The molecule has 0 aliphatic rings. The molecule has 0 radical (unpaired) electrons. The Hall–Kier alpha value is -1.72. The first-order valence-electron chi connectivity index (χ1n) is 4.53. The van der Waals surface area contributed by atoms with Gasteiger partial charge in [-0.25, -0.2) is 8.78 Å². The highest BCUT2D eigenvalue weighted by Gasteiger charge is 2.14. The number of alkyl halides is 2. The SMILES string of the molecule is COC(=O)Cc1cc(C(F)F)[nH]c(=O)c1C. The molecule has 0 aromatic carbocycles. The fourth-order valence-electron chi connectivity index (χ4n) is 1.23. The van der Waals surface area contributed by atoms with E-state index in [1.807, 2.05) is 4.98 Å². The van der Waals surface area contributed by atoms with E-state index in [2.05, 4.69) is 4.74 Å². The van der Waals surface area contributed by atoms with Crippen molar-refractivity contribution in [2.24, 2.45) is 0 Å². The van der Waals surface area contributed by atoms with Crippen molar-refractivity contribution < 1.29 is 18.3 Å². The Morgan fingerprint density at radius 3 is 2.69 bits per heavy atom. The lowest BCUT2D eigenvalue weighted by Gasteiger charge is -2.06. The normalized spacial score (nSPS) is 10.6. The third-order valence-corrected chi connectivity index (χ3v) is 2.21. The number of esters is 1. The molecule has 0 saturated carbocycles. The summed E-state index contributed by atoms with van der Waals surface area (Å²) in [7, 11) is 1.19. The van der Waals surface area contributed by atoms with Gasteiger partial charge in [-0.05, 0) is 18.6 Å². The molecule has 0 atom stereocenters. The van der Waals surface area contributed by atoms with Gasteiger partial charge in [0.1, 0.15) is 0 Å². The van der Waals surface area contributed by atoms with Gasteiger partial charge < -0.3 is 9.72 Å². The predicted molar refractivity (Wildman–Crippen MR) is 52.5 cm³/mol. The number of H-pyrrole nitrogens is 1. The molecule has 0 aliphatic carbocycles. The van der Waals surface area contributed by atoms with Gasteiger partial charge in [-0.3, -0.25) is 9.59 Å². The van der Waals surface area contributed by atoms with E-state index in [-0.39, 0.29) is 17.5 Å². The summed E-state index contributed by atoms with van der Waals surface area (Å²) in [5.41, 5.74) is -0.605. The largest absolute Gasteiger partial charge is 0.469 e. The minimum absolute atomic E-state index is 0.189. The van der Waals surface area contributed by atoms with E-state index < -0.39 is 23.6 Å². The third-order valence-electron chi connectivity index (χ3n) is 2.21. The number of hydrogen-bond acceptors (Lipinski definition) is 3. The Labute approximate surface area is 90.2 Å². The molecule has 0 amide bonds. The fraction of sp³-hybridized carbons (Fsp3) is 0.400. The van der Waals surface area contributed by atoms with Crippen LogP contribution in [0, 0.1) is 6.92 Å². The summed E-state index contributed by atoms with van der Waals surface area (Å²) in [6.45, 7) is 1.46. The quantitative estimate of drug-likeness (QED) is 0.798. The monoisotopic (exact) mass is 231 g/mol. The summed E-state index contributed by atoms with van der Waals surface area (Å²) in [5, 5.41) is 0. The van der Waals surface area contributed by atoms with E-state index in [4.69, 9.17) is 0 Å². The maximum Gasteiger partial charge on any atom is 0.309 e. The highest BCUT2D eigenvalue weighted by atomic mass is 19.3. The minimum Gasteiger partial charge on any atom is -0.469 e. The minimum atomic E-state index is -2.77. The topological polar surface area (TPSA) is 59.2 Å². The number of pyridine rings is 1. The van der Waals surface area contributed by atoms with Crippen LogP contribution >= 0.6 is 0 Å². The average Bonchev–Trinajstić information content (AvgIpc) is 2.23. The van der Waals surface area contributed by atoms with Gasteiger partial charge in [0.25, 0.3) is 12.0 Å². The Bertz CT molecular complexity index is 454. The number of nitrogens with one attached hydrogen (secondary N) is 1. The number of ether oxygens (including phenoxy) is 1. The summed E-state index contributed by atoms with van der Waals surface area (Å²) in [5.74, 6) is -0.575. The maximum atomic E-state index is 12.4. The van der Waals surface area contributed by atoms with E-state index >= 15 is 0 Å². The summed E-state index contributed by atoms with van der Waals surface area (Å²) in [6, 6.07) is 1.11. The van der Waals surface area contributed by atoms with Gasteiger partial charge in [0, 0.05) is 5.56 Å². The highest BCUT2D eigenvalue weighted by molar-refractivity contribution is 5.72. The summed E-state index contributed by atoms with van der Waals surface area (Å²) < 4.78 is 29.2. The average molecular weight is 231 g/mol. The van der Waals surface area contributed by atoms with Gasteiger partial charge in [-0.2, -0.15) is 0 Å². The summed E-state index contributed by atoms with van der Waals surface area (Å²) >= 11 is 0. The molecule has 1 aromatic rings. The highest BCUT2D eigenvalue weighted by Crippen LogP contribution is 2.17. The maximum absolute atomic E-state index is 12.4. The molecule has 16 heavy (non-hydrogen) atoms. The van der Waals surface area contributed by atoms with Crippen LogP contribution in [0.3, 0.4) is 0 Å². The van der Waals surface area contributed by atoms with Crippen molar-refractivity contribution in [2.75, 3.05) is 7.11 Å². The van der Waals surface area contributed by atoms with Crippen molar-refractivity contribution in [3.8, 4) is 0 Å². The second-order valence-electron chi connectivity index (χ2n) is 3.26. The number of halogens is 2. The number of carbonyl (C=O) groups excluding carboxylic acids is 1. The number of carbonyl (C=O) groups is 1. The van der Waals surface area contributed by atoms with Crippen molar-refractivity contribution in [1.82, 2.24) is 4.98 Å². The van der Waals surface area contributed by atoms with Crippen LogP contribution < -0.4 is 5.56 Å². The van der Waals surface area contributed by atoms with E-state index in [9.17, 15) is 18.4 Å². The molecule has 0 unspecified atom stereocenters. The molecule has 4 nitrogen and oxygen atoms in total. The first kappa shape index (κ1) is 12.4. The standard InChI is InChI=1S/C10H11F2NO3/c1-5-6(4-8(14)16-2)3-7(9(11)12)13-10(5)15/h3,9H,4H2,1-2H3,(H,13,15). The lowest BCUT2D eigenvalue weighted by molar-refractivity contribution is -0.139. The van der Waals surface area contributed by atoms with Gasteiger partial charge in [0.2, 0.25) is 0 Å². The third kappa shape index (κ3) is 2.65. The van der Waals surface area contributed by atoms with Gasteiger partial charge in [0.05, 0.1) is 19.2 Å². The molecule has 0 aliphatic heterocycles. The summed E-state index contributed by atoms with van der Waals surface area (Å²) in [4.78, 5) is 24.3. The Balaban J connectivity index is 3.17. The van der Waals surface area contributed by atoms with E-state index in [0.29, 0.717) is 0 Å². The summed E-state index contributed by atoms with van der Waals surface area (Å²) in [6.07, 6.45) is -2.96. The second kappa shape index (κ2) is 4.87. The molecule has 1 aromatic heterocycles. The lowest BCUT2D eigenvalue weighted by Crippen LogP contribution is -2.17. The molecule has 88 valence electrons. The Morgan fingerprint density at radius 1 is 1.56 bits per heavy atom. The van der Waals surface area contributed by atoms with Crippen molar-refractivity contribution >= 4 is 5.97 Å². The van der Waals surface area contributed by atoms with Crippen molar-refractivity contribution in [3.63, 3.8) is 0 Å². The Morgan fingerprint density at radius 2 is 2.19 bits per heavy atom. The predicted octanol–water partition coefficient (Wildman–Crippen LogP) is 1.34. The lowest BCUT2D eigenvalue weighted by atomic mass is 10.1. The zero-order valence-corrected chi connectivity index (χ0v) is 8.84. The first-order valence-corrected chi connectivity index (χ1v) is 4.53. The first-order chi connectivity index (χ1) is 7.45. The number of methoxy groups -OCH3 is 1. The number of hydrogen-bond donors (Lipinski definition) is 1. The smallest absolute Gasteiger partial charge is 0.309 e.